The average molecular weight is 487 g/mol. The van der Waals surface area contributed by atoms with Gasteiger partial charge in [0.05, 0.1) is 14.2 Å². The van der Waals surface area contributed by atoms with Gasteiger partial charge in [-0.05, 0) is 59.4 Å². The second kappa shape index (κ2) is 10.3. The van der Waals surface area contributed by atoms with E-state index in [1.165, 1.54) is 14.0 Å². The second-order valence-electron chi connectivity index (χ2n) is 10.2. The number of carbonyl (C=O) groups is 2. The van der Waals surface area contributed by atoms with Gasteiger partial charge in [-0.1, -0.05) is 36.8 Å². The summed E-state index contributed by atoms with van der Waals surface area (Å²) >= 11 is 0. The van der Waals surface area contributed by atoms with Crippen LogP contribution >= 0.6 is 0 Å². The van der Waals surface area contributed by atoms with Crippen LogP contribution in [0.4, 0.5) is 0 Å². The summed E-state index contributed by atoms with van der Waals surface area (Å²) in [4.78, 5) is 28.6. The van der Waals surface area contributed by atoms with Crippen molar-refractivity contribution in [2.45, 2.75) is 65.6 Å². The first kappa shape index (κ1) is 27.2. The Labute approximate surface area is 210 Å². The van der Waals surface area contributed by atoms with Crippen LogP contribution in [0.5, 0.6) is 0 Å². The number of hydrogen-bond acceptors (Lipinski definition) is 7. The van der Waals surface area contributed by atoms with Crippen molar-refractivity contribution in [3.05, 3.63) is 47.8 Å². The molecule has 2 fully saturated rings. The number of rotatable bonds is 8. The van der Waals surface area contributed by atoms with E-state index in [0.717, 1.165) is 37.3 Å². The number of methoxy groups -OCH3 is 2. The molecule has 1 N–H and O–H groups in total. The van der Waals surface area contributed by atoms with E-state index in [-0.39, 0.29) is 18.1 Å². The van der Waals surface area contributed by atoms with E-state index >= 15 is 0 Å². The molecule has 194 valence electrons. The first-order valence-corrected chi connectivity index (χ1v) is 12.5. The Balaban J connectivity index is 2.36. The fraction of sp³-hybridized carbons (Fsp3) is 0.643. The van der Waals surface area contributed by atoms with Crippen LogP contribution in [0, 0.1) is 16.2 Å². The number of allylic oxidation sites excluding steroid dienone is 4. The minimum atomic E-state index is -1.12. The molecule has 7 heteroatoms. The van der Waals surface area contributed by atoms with Crippen molar-refractivity contribution < 1.29 is 23.8 Å². The van der Waals surface area contributed by atoms with Crippen molar-refractivity contribution >= 4 is 11.9 Å². The zero-order valence-electron chi connectivity index (χ0n) is 22.5. The first-order valence-electron chi connectivity index (χ1n) is 12.5. The van der Waals surface area contributed by atoms with Gasteiger partial charge < -0.3 is 19.5 Å². The molecule has 0 radical (unpaired) electrons. The molecule has 0 bridgehead atoms. The van der Waals surface area contributed by atoms with Gasteiger partial charge in [0.2, 0.25) is 0 Å². The largest absolute Gasteiger partial charge is 0.497 e. The Morgan fingerprint density at radius 2 is 1.91 bits per heavy atom. The van der Waals surface area contributed by atoms with Crippen LogP contribution in [-0.2, 0) is 23.8 Å². The molecule has 0 aromatic heterocycles. The number of ether oxygens (including phenoxy) is 3. The van der Waals surface area contributed by atoms with Crippen molar-refractivity contribution in [2.24, 2.45) is 16.2 Å². The van der Waals surface area contributed by atoms with Gasteiger partial charge in [-0.3, -0.25) is 14.5 Å². The van der Waals surface area contributed by atoms with Crippen molar-refractivity contribution in [2.75, 3.05) is 34.4 Å². The smallest absolute Gasteiger partial charge is 0.316 e. The highest BCUT2D eigenvalue weighted by molar-refractivity contribution is 5.80. The number of nitrogens with zero attached hydrogens (tertiary/aromatic N) is 1. The summed E-state index contributed by atoms with van der Waals surface area (Å²) in [6.07, 6.45) is 13.3. The molecule has 1 saturated heterocycles. The van der Waals surface area contributed by atoms with E-state index in [1.54, 1.807) is 7.11 Å². The van der Waals surface area contributed by atoms with E-state index in [2.05, 4.69) is 42.3 Å². The molecule has 4 unspecified atom stereocenters. The van der Waals surface area contributed by atoms with E-state index in [9.17, 15) is 9.59 Å². The minimum absolute atomic E-state index is 0.0434. The zero-order chi connectivity index (χ0) is 26.0. The summed E-state index contributed by atoms with van der Waals surface area (Å²) in [5.41, 5.74) is -0.914. The van der Waals surface area contributed by atoms with E-state index in [4.69, 9.17) is 14.2 Å². The van der Waals surface area contributed by atoms with Crippen molar-refractivity contribution in [1.82, 2.24) is 10.2 Å². The fourth-order valence-corrected chi connectivity index (χ4v) is 7.47. The predicted molar refractivity (Wildman–Crippen MR) is 136 cm³/mol. The first-order chi connectivity index (χ1) is 16.6. The maximum atomic E-state index is 13.7. The van der Waals surface area contributed by atoms with Crippen molar-refractivity contribution in [3.63, 3.8) is 0 Å². The Hall–Kier alpha value is -2.38. The third-order valence-electron chi connectivity index (χ3n) is 8.70. The molecule has 7 nitrogen and oxygen atoms in total. The molecule has 0 aromatic rings. The van der Waals surface area contributed by atoms with E-state index < -0.39 is 28.3 Å². The molecule has 1 aliphatic carbocycles. The zero-order valence-corrected chi connectivity index (χ0v) is 22.5. The van der Waals surface area contributed by atoms with Crippen LogP contribution in [0.25, 0.3) is 0 Å². The van der Waals surface area contributed by atoms with Gasteiger partial charge in [-0.25, -0.2) is 0 Å². The lowest BCUT2D eigenvalue weighted by Gasteiger charge is -2.65. The molecule has 3 aliphatic rings. The normalized spacial score (nSPS) is 37.3. The number of carbonyl (C=O) groups excluding carboxylic acids is 2. The molecule has 2 aliphatic heterocycles. The van der Waals surface area contributed by atoms with Gasteiger partial charge in [0.1, 0.15) is 17.3 Å². The third kappa shape index (κ3) is 3.97. The molecule has 3 rings (SSSR count). The van der Waals surface area contributed by atoms with Crippen LogP contribution in [0.1, 0.15) is 47.5 Å². The molecule has 2 heterocycles. The molecular formula is C28H42N2O5. The van der Waals surface area contributed by atoms with Gasteiger partial charge in [-0.15, -0.1) is 0 Å². The minimum Gasteiger partial charge on any atom is -0.497 e. The van der Waals surface area contributed by atoms with Crippen molar-refractivity contribution in [1.29, 1.82) is 0 Å². The summed E-state index contributed by atoms with van der Waals surface area (Å²) < 4.78 is 17.0. The lowest BCUT2D eigenvalue weighted by Crippen LogP contribution is -2.77. The Morgan fingerprint density at radius 1 is 1.20 bits per heavy atom. The summed E-state index contributed by atoms with van der Waals surface area (Å²) in [5.74, 6) is -0.00939. The number of hydrogen-bond donors (Lipinski definition) is 1. The highest BCUT2D eigenvalue weighted by Crippen LogP contribution is 2.66. The molecule has 0 amide bonds. The SMILES string of the molecule is C/C=C/C(=C\C=C(C)C12CCN3CC=C[C@](CC)(C31)C(OC(C)=O)[C@](C)(C(=O)OC)C2NC)OC. The topological polar surface area (TPSA) is 77.1 Å². The van der Waals surface area contributed by atoms with Gasteiger partial charge >= 0.3 is 11.9 Å². The van der Waals surface area contributed by atoms with Gasteiger partial charge in [0, 0.05) is 36.4 Å². The number of esters is 2. The summed E-state index contributed by atoms with van der Waals surface area (Å²) in [5, 5.41) is 3.51. The van der Waals surface area contributed by atoms with Crippen LogP contribution in [0.2, 0.25) is 0 Å². The van der Waals surface area contributed by atoms with Gasteiger partial charge in [0.25, 0.3) is 0 Å². The van der Waals surface area contributed by atoms with Gasteiger partial charge in [0.15, 0.2) is 0 Å². The fourth-order valence-electron chi connectivity index (χ4n) is 7.47. The van der Waals surface area contributed by atoms with Crippen LogP contribution in [0.15, 0.2) is 47.8 Å². The monoisotopic (exact) mass is 486 g/mol. The maximum absolute atomic E-state index is 13.7. The van der Waals surface area contributed by atoms with Crippen LogP contribution in [0.3, 0.4) is 0 Å². The third-order valence-corrected chi connectivity index (χ3v) is 8.70. The number of nitrogens with one attached hydrogen (secondary N) is 1. The molecule has 1 saturated carbocycles. The quantitative estimate of drug-likeness (QED) is 0.242. The summed E-state index contributed by atoms with van der Waals surface area (Å²) in [6.45, 7) is 11.3. The second-order valence-corrected chi connectivity index (χ2v) is 10.2. The predicted octanol–water partition coefficient (Wildman–Crippen LogP) is 3.78. The van der Waals surface area contributed by atoms with E-state index in [0.29, 0.717) is 0 Å². The Kier molecular flexibility index (Phi) is 8.02. The van der Waals surface area contributed by atoms with Gasteiger partial charge in [-0.2, -0.15) is 0 Å². The lowest BCUT2D eigenvalue weighted by molar-refractivity contribution is -0.211. The lowest BCUT2D eigenvalue weighted by atomic mass is 9.44. The Bertz CT molecular complexity index is 953. The highest BCUT2D eigenvalue weighted by atomic mass is 16.6. The highest BCUT2D eigenvalue weighted by Gasteiger charge is 2.75. The van der Waals surface area contributed by atoms with Crippen LogP contribution < -0.4 is 5.32 Å². The molecule has 6 atom stereocenters. The Morgan fingerprint density at radius 3 is 2.46 bits per heavy atom. The summed E-state index contributed by atoms with van der Waals surface area (Å²) in [7, 11) is 4.96. The molecule has 0 spiro atoms. The van der Waals surface area contributed by atoms with Crippen molar-refractivity contribution in [3.8, 4) is 0 Å². The van der Waals surface area contributed by atoms with Crippen LogP contribution in [-0.4, -0.2) is 69.4 Å². The standard InChI is InChI=1S/C28H42N2O5/c1-9-12-21(33-7)14-13-19(3)28-16-18-30-17-11-15-27(10-2,23(28)30)24(35-20(4)31)26(5,22(28)29-6)25(32)34-8/h9,11-15,22-24,29H,10,16-18H2,1-8H3/b12-9+,19-13?,21-14+/t22?,23?,24?,26-,27-,28?/m1/s1. The molecule has 35 heavy (non-hydrogen) atoms. The maximum Gasteiger partial charge on any atom is 0.316 e. The average Bonchev–Trinajstić information content (AvgIpc) is 3.25. The van der Waals surface area contributed by atoms with E-state index in [1.807, 2.05) is 39.1 Å². The molecular weight excluding hydrogens is 444 g/mol. The summed E-state index contributed by atoms with van der Waals surface area (Å²) in [6, 6.07) is -0.285. The molecule has 0 aromatic carbocycles.